The summed E-state index contributed by atoms with van der Waals surface area (Å²) in [6.07, 6.45) is 1.12. The number of carbonyl (C=O) groups is 1. The highest BCUT2D eigenvalue weighted by atomic mass is 19.1. The van der Waals surface area contributed by atoms with Crippen molar-refractivity contribution in [3.8, 4) is 0 Å². The summed E-state index contributed by atoms with van der Waals surface area (Å²) in [5.74, 6) is 0.247. The summed E-state index contributed by atoms with van der Waals surface area (Å²) >= 11 is 0. The molecule has 0 saturated carbocycles. The van der Waals surface area contributed by atoms with E-state index in [9.17, 15) is 9.18 Å². The molecule has 4 heterocycles. The van der Waals surface area contributed by atoms with Gasteiger partial charge in [0.25, 0.3) is 0 Å². The highest BCUT2D eigenvalue weighted by Crippen LogP contribution is 2.42. The number of halogens is 1. The van der Waals surface area contributed by atoms with E-state index in [0.29, 0.717) is 31.4 Å². The fourth-order valence-electron chi connectivity index (χ4n) is 4.58. The molecule has 0 aromatic carbocycles. The Kier molecular flexibility index (Phi) is 6.80. The van der Waals surface area contributed by atoms with Gasteiger partial charge in [0.05, 0.1) is 24.0 Å². The van der Waals surface area contributed by atoms with Gasteiger partial charge < -0.3 is 20.4 Å². The zero-order valence-electron chi connectivity index (χ0n) is 20.5. The van der Waals surface area contributed by atoms with Crippen molar-refractivity contribution in [1.29, 1.82) is 0 Å². The van der Waals surface area contributed by atoms with Gasteiger partial charge in [0, 0.05) is 36.8 Å². The van der Waals surface area contributed by atoms with Crippen molar-refractivity contribution in [3.05, 3.63) is 23.3 Å². The number of anilines is 3. The summed E-state index contributed by atoms with van der Waals surface area (Å²) in [6.45, 7) is 14.7. The largest absolute Gasteiger partial charge is 0.354 e. The molecular formula is C23H38FN9O. The number of nitrogens with one attached hydrogen (secondary N) is 3. The number of aromatic nitrogens is 4. The van der Waals surface area contributed by atoms with Gasteiger partial charge in [-0.25, -0.2) is 14.2 Å². The molecular weight excluding hydrogens is 437 g/mol. The van der Waals surface area contributed by atoms with Crippen molar-refractivity contribution in [2.24, 2.45) is 0 Å². The summed E-state index contributed by atoms with van der Waals surface area (Å²) in [6, 6.07) is 0.0902. The molecule has 0 unspecified atom stereocenters. The molecule has 10 nitrogen and oxygen atoms in total. The van der Waals surface area contributed by atoms with Gasteiger partial charge in [-0.05, 0) is 48.6 Å². The lowest BCUT2D eigenvalue weighted by molar-refractivity contribution is 0.00695. The smallest absolute Gasteiger partial charge is 0.321 e. The van der Waals surface area contributed by atoms with Crippen molar-refractivity contribution in [2.45, 2.75) is 72.6 Å². The Balaban J connectivity index is 0.00000324. The predicted octanol–water partition coefficient (Wildman–Crippen LogP) is 3.74. The molecule has 2 aliphatic rings. The van der Waals surface area contributed by atoms with Crippen LogP contribution >= 0.6 is 0 Å². The average molecular weight is 476 g/mol. The molecule has 1 saturated heterocycles. The van der Waals surface area contributed by atoms with Gasteiger partial charge >= 0.3 is 6.03 Å². The standard InChI is InChI=1S/C22H34FN9O.CH4/c1-8-24-19-25-9-15(23)18(27-19)26-17-14-11-32(22(5,6)16(14)28-29-17)20(33)31-12-21(3,4)30(7)10-13(31)2;/h9,13H,8,10-12H2,1-7H3,(H3,24,25,26,27,28,29);1H4/t13-;/m0./s1. The molecule has 4 rings (SSSR count). The maximum absolute atomic E-state index is 14.4. The molecule has 0 aliphatic carbocycles. The van der Waals surface area contributed by atoms with Gasteiger partial charge in [0.1, 0.15) is 0 Å². The summed E-state index contributed by atoms with van der Waals surface area (Å²) < 4.78 is 14.4. The first-order chi connectivity index (χ1) is 15.5. The topological polar surface area (TPSA) is 105 Å². The van der Waals surface area contributed by atoms with Crippen LogP contribution in [-0.2, 0) is 12.1 Å². The normalized spacial score (nSPS) is 21.1. The molecule has 3 N–H and O–H groups in total. The SMILES string of the molecule is C.CCNc1ncc(F)c(Nc2n[nH]c3c2CN(C(=O)N2CC(C)(C)N(C)C[C@@H]2C)C3(C)C)n1. The molecule has 2 aromatic heterocycles. The van der Waals surface area contributed by atoms with Gasteiger partial charge in [-0.1, -0.05) is 7.43 Å². The molecule has 34 heavy (non-hydrogen) atoms. The van der Waals surface area contributed by atoms with Crippen molar-refractivity contribution in [1.82, 2.24) is 34.9 Å². The number of nitrogens with zero attached hydrogens (tertiary/aromatic N) is 6. The number of carbonyl (C=O) groups excluding carboxylic acids is 1. The second kappa shape index (κ2) is 9.01. The molecule has 0 bridgehead atoms. The first-order valence-electron chi connectivity index (χ1n) is 11.4. The number of hydrogen-bond donors (Lipinski definition) is 3. The Morgan fingerprint density at radius 3 is 2.68 bits per heavy atom. The zero-order chi connectivity index (χ0) is 24.1. The maximum Gasteiger partial charge on any atom is 0.321 e. The number of rotatable bonds is 4. The van der Waals surface area contributed by atoms with Crippen LogP contribution in [0.2, 0.25) is 0 Å². The predicted molar refractivity (Wildman–Crippen MR) is 132 cm³/mol. The molecule has 11 heteroatoms. The minimum Gasteiger partial charge on any atom is -0.354 e. The van der Waals surface area contributed by atoms with Crippen LogP contribution in [-0.4, -0.2) is 79.2 Å². The molecule has 0 spiro atoms. The number of hydrogen-bond acceptors (Lipinski definition) is 7. The fraction of sp³-hybridized carbons (Fsp3) is 0.652. The number of piperazine rings is 1. The van der Waals surface area contributed by atoms with E-state index in [2.05, 4.69) is 63.5 Å². The van der Waals surface area contributed by atoms with Gasteiger partial charge in [-0.3, -0.25) is 10.00 Å². The van der Waals surface area contributed by atoms with Crippen LogP contribution in [0.4, 0.5) is 26.8 Å². The van der Waals surface area contributed by atoms with E-state index in [1.165, 1.54) is 0 Å². The summed E-state index contributed by atoms with van der Waals surface area (Å²) in [5.41, 5.74) is 0.966. The monoisotopic (exact) mass is 475 g/mol. The first kappa shape index (κ1) is 25.7. The summed E-state index contributed by atoms with van der Waals surface area (Å²) in [5, 5.41) is 13.4. The van der Waals surface area contributed by atoms with Gasteiger partial charge in [-0.2, -0.15) is 10.1 Å². The Bertz CT molecular complexity index is 1050. The van der Waals surface area contributed by atoms with Crippen LogP contribution in [0, 0.1) is 5.82 Å². The molecule has 2 aromatic rings. The van der Waals surface area contributed by atoms with E-state index >= 15 is 0 Å². The maximum atomic E-state index is 14.4. The lowest BCUT2D eigenvalue weighted by Gasteiger charge is -2.50. The molecule has 2 aliphatic heterocycles. The van der Waals surface area contributed by atoms with E-state index in [1.54, 1.807) is 0 Å². The van der Waals surface area contributed by atoms with Crippen LogP contribution in [0.25, 0.3) is 0 Å². The van der Waals surface area contributed by atoms with Crippen LogP contribution in [0.3, 0.4) is 0 Å². The Hall–Kier alpha value is -2.95. The Morgan fingerprint density at radius 1 is 1.29 bits per heavy atom. The highest BCUT2D eigenvalue weighted by molar-refractivity contribution is 5.78. The summed E-state index contributed by atoms with van der Waals surface area (Å²) in [7, 11) is 2.10. The molecule has 188 valence electrons. The second-order valence-corrected chi connectivity index (χ2v) is 10.1. The Labute approximate surface area is 201 Å². The van der Waals surface area contributed by atoms with Crippen molar-refractivity contribution >= 4 is 23.6 Å². The average Bonchev–Trinajstić information content (AvgIpc) is 3.25. The third-order valence-corrected chi connectivity index (χ3v) is 6.92. The van der Waals surface area contributed by atoms with Crippen LogP contribution in [0.5, 0.6) is 0 Å². The first-order valence-corrected chi connectivity index (χ1v) is 11.4. The lowest BCUT2D eigenvalue weighted by Crippen LogP contribution is -2.65. The van der Waals surface area contributed by atoms with Crippen LogP contribution in [0.1, 0.15) is 60.2 Å². The van der Waals surface area contributed by atoms with E-state index < -0.39 is 11.4 Å². The lowest BCUT2D eigenvalue weighted by atomic mass is 9.96. The molecule has 1 fully saturated rings. The van der Waals surface area contributed by atoms with Crippen molar-refractivity contribution in [3.63, 3.8) is 0 Å². The van der Waals surface area contributed by atoms with E-state index in [-0.39, 0.29) is 30.9 Å². The Morgan fingerprint density at radius 2 is 2.00 bits per heavy atom. The van der Waals surface area contributed by atoms with Gasteiger partial charge in [0.2, 0.25) is 5.95 Å². The highest BCUT2D eigenvalue weighted by Gasteiger charge is 2.47. The number of amides is 2. The van der Waals surface area contributed by atoms with Gasteiger partial charge in [-0.15, -0.1) is 0 Å². The minimum absolute atomic E-state index is 0. The van der Waals surface area contributed by atoms with E-state index in [1.807, 2.05) is 30.6 Å². The number of H-pyrrole nitrogens is 1. The number of urea groups is 1. The van der Waals surface area contributed by atoms with Crippen LogP contribution in [0.15, 0.2) is 6.20 Å². The van der Waals surface area contributed by atoms with Gasteiger partial charge in [0.15, 0.2) is 17.5 Å². The number of likely N-dealkylation sites (N-methyl/N-ethyl adjacent to an activating group) is 1. The number of aromatic amines is 1. The van der Waals surface area contributed by atoms with Crippen LogP contribution < -0.4 is 10.6 Å². The quantitative estimate of drug-likeness (QED) is 0.619. The molecule has 1 atom stereocenters. The zero-order valence-corrected chi connectivity index (χ0v) is 20.5. The minimum atomic E-state index is -0.592. The summed E-state index contributed by atoms with van der Waals surface area (Å²) in [4.78, 5) is 28.0. The fourth-order valence-corrected chi connectivity index (χ4v) is 4.58. The third kappa shape index (κ3) is 4.28. The number of fused-ring (bicyclic) bond motifs is 1. The second-order valence-electron chi connectivity index (χ2n) is 10.1. The molecule has 0 radical (unpaired) electrons. The van der Waals surface area contributed by atoms with Crippen molar-refractivity contribution in [2.75, 3.05) is 37.3 Å². The van der Waals surface area contributed by atoms with E-state index in [0.717, 1.165) is 24.0 Å². The van der Waals surface area contributed by atoms with Crippen molar-refractivity contribution < 1.29 is 9.18 Å². The third-order valence-electron chi connectivity index (χ3n) is 6.92. The molecule has 2 amide bonds. The van der Waals surface area contributed by atoms with E-state index in [4.69, 9.17) is 0 Å².